The first-order chi connectivity index (χ1) is 11.1. The van der Waals surface area contributed by atoms with E-state index < -0.39 is 5.54 Å². The van der Waals surface area contributed by atoms with Gasteiger partial charge in [0.2, 0.25) is 5.91 Å². The zero-order chi connectivity index (χ0) is 16.2. The van der Waals surface area contributed by atoms with Crippen molar-refractivity contribution in [3.63, 3.8) is 0 Å². The summed E-state index contributed by atoms with van der Waals surface area (Å²) in [5.74, 6) is -0.360. The molecule has 0 bridgehead atoms. The van der Waals surface area contributed by atoms with Gasteiger partial charge in [-0.05, 0) is 45.7 Å². The number of hydrogen-bond acceptors (Lipinski definition) is 4. The number of esters is 1. The Bertz CT molecular complexity index is 687. The minimum Gasteiger partial charge on any atom is -0.466 e. The molecule has 3 heterocycles. The summed E-state index contributed by atoms with van der Waals surface area (Å²) in [6.07, 6.45) is 2.51. The Labute approximate surface area is 136 Å². The van der Waals surface area contributed by atoms with Crippen LogP contribution in [-0.4, -0.2) is 36.0 Å². The van der Waals surface area contributed by atoms with E-state index in [-0.39, 0.29) is 23.8 Å². The van der Waals surface area contributed by atoms with Gasteiger partial charge in [0.05, 0.1) is 12.5 Å². The van der Waals surface area contributed by atoms with Gasteiger partial charge in [0.25, 0.3) is 0 Å². The maximum atomic E-state index is 12.9. The molecule has 0 aliphatic carbocycles. The molecule has 1 aromatic rings. The van der Waals surface area contributed by atoms with E-state index >= 15 is 0 Å². The Balaban J connectivity index is 1.81. The number of nitrogens with zero attached hydrogens (tertiary/aromatic N) is 1. The zero-order valence-electron chi connectivity index (χ0n) is 13.6. The molecule has 3 aliphatic heterocycles. The van der Waals surface area contributed by atoms with Crippen molar-refractivity contribution in [2.24, 2.45) is 5.92 Å². The largest absolute Gasteiger partial charge is 0.466 e. The summed E-state index contributed by atoms with van der Waals surface area (Å²) in [5, 5.41) is 3.03. The van der Waals surface area contributed by atoms with Crippen LogP contribution in [0.1, 0.15) is 37.3 Å². The van der Waals surface area contributed by atoms with Crippen LogP contribution in [-0.2, 0) is 19.9 Å². The number of hydrogen-bond donors (Lipinski definition) is 1. The van der Waals surface area contributed by atoms with E-state index in [1.807, 2.05) is 26.0 Å². The molecule has 2 fully saturated rings. The second-order valence-electron chi connectivity index (χ2n) is 6.83. The van der Waals surface area contributed by atoms with E-state index in [1.165, 1.54) is 0 Å². The van der Waals surface area contributed by atoms with Gasteiger partial charge in [-0.15, -0.1) is 0 Å². The van der Waals surface area contributed by atoms with Crippen LogP contribution < -0.4 is 5.32 Å². The highest BCUT2D eigenvalue weighted by Gasteiger charge is 2.63. The van der Waals surface area contributed by atoms with Crippen LogP contribution in [0.4, 0.5) is 5.69 Å². The van der Waals surface area contributed by atoms with E-state index in [0.29, 0.717) is 13.0 Å². The van der Waals surface area contributed by atoms with Crippen molar-refractivity contribution in [3.05, 3.63) is 29.3 Å². The fourth-order valence-corrected chi connectivity index (χ4v) is 4.69. The lowest BCUT2D eigenvalue weighted by atomic mass is 9.84. The van der Waals surface area contributed by atoms with Crippen LogP contribution in [0.15, 0.2) is 18.2 Å². The van der Waals surface area contributed by atoms with Gasteiger partial charge in [-0.25, -0.2) is 0 Å². The van der Waals surface area contributed by atoms with Crippen molar-refractivity contribution in [1.82, 2.24) is 4.90 Å². The topological polar surface area (TPSA) is 58.6 Å². The van der Waals surface area contributed by atoms with E-state index in [4.69, 9.17) is 4.74 Å². The van der Waals surface area contributed by atoms with Crippen LogP contribution in [0.25, 0.3) is 0 Å². The Morgan fingerprint density at radius 3 is 3.09 bits per heavy atom. The maximum absolute atomic E-state index is 12.9. The van der Waals surface area contributed by atoms with Crippen LogP contribution in [0.3, 0.4) is 0 Å². The summed E-state index contributed by atoms with van der Waals surface area (Å²) < 4.78 is 5.29. The third kappa shape index (κ3) is 1.89. The standard InChI is InChI=1S/C18H22N2O3/c1-3-23-16(21)12-10-18(20-8-4-5-15(12)20)13-9-11(2)6-7-14(13)19-17(18)22/h6-7,9,12,15H,3-5,8,10H2,1-2H3,(H,19,22)/t12-,15-,18+/m1/s1. The number of carbonyl (C=O) groups is 2. The molecule has 5 nitrogen and oxygen atoms in total. The third-order valence-electron chi connectivity index (χ3n) is 5.60. The molecule has 2 saturated heterocycles. The Morgan fingerprint density at radius 2 is 2.30 bits per heavy atom. The highest BCUT2D eigenvalue weighted by atomic mass is 16.5. The number of amides is 1. The number of nitrogens with one attached hydrogen (secondary N) is 1. The average Bonchev–Trinajstić information content (AvgIpc) is 3.16. The predicted octanol–water partition coefficient (Wildman–Crippen LogP) is 2.19. The molecule has 1 amide bonds. The van der Waals surface area contributed by atoms with Gasteiger partial charge in [0.15, 0.2) is 0 Å². The number of rotatable bonds is 2. The molecule has 3 atom stereocenters. The van der Waals surface area contributed by atoms with Crippen molar-refractivity contribution in [2.45, 2.75) is 44.7 Å². The van der Waals surface area contributed by atoms with Crippen LogP contribution >= 0.6 is 0 Å². The van der Waals surface area contributed by atoms with E-state index in [0.717, 1.165) is 36.2 Å². The first-order valence-corrected chi connectivity index (χ1v) is 8.44. The molecule has 0 aromatic heterocycles. The second-order valence-corrected chi connectivity index (χ2v) is 6.83. The Hall–Kier alpha value is -1.88. The van der Waals surface area contributed by atoms with Crippen molar-refractivity contribution >= 4 is 17.6 Å². The normalized spacial score (nSPS) is 32.0. The summed E-state index contributed by atoms with van der Waals surface area (Å²) in [5.41, 5.74) is 2.35. The van der Waals surface area contributed by atoms with Crippen molar-refractivity contribution in [3.8, 4) is 0 Å². The number of ether oxygens (including phenoxy) is 1. The van der Waals surface area contributed by atoms with Gasteiger partial charge >= 0.3 is 5.97 Å². The van der Waals surface area contributed by atoms with E-state index in [2.05, 4.69) is 16.3 Å². The minimum absolute atomic E-state index is 0.0109. The molecule has 0 radical (unpaired) electrons. The summed E-state index contributed by atoms with van der Waals surface area (Å²) in [6.45, 7) is 5.12. The Morgan fingerprint density at radius 1 is 1.48 bits per heavy atom. The molecular formula is C18H22N2O3. The summed E-state index contributed by atoms with van der Waals surface area (Å²) in [4.78, 5) is 27.6. The Kier molecular flexibility index (Phi) is 3.23. The number of aryl methyl sites for hydroxylation is 1. The van der Waals surface area contributed by atoms with Crippen molar-refractivity contribution < 1.29 is 14.3 Å². The molecule has 4 rings (SSSR count). The van der Waals surface area contributed by atoms with Gasteiger partial charge in [0, 0.05) is 17.3 Å². The van der Waals surface area contributed by atoms with E-state index in [1.54, 1.807) is 0 Å². The van der Waals surface area contributed by atoms with Crippen LogP contribution in [0, 0.1) is 12.8 Å². The van der Waals surface area contributed by atoms with E-state index in [9.17, 15) is 9.59 Å². The lowest BCUT2D eigenvalue weighted by molar-refractivity contribution is -0.148. The number of anilines is 1. The first kappa shape index (κ1) is 14.7. The van der Waals surface area contributed by atoms with Crippen LogP contribution in [0.5, 0.6) is 0 Å². The SMILES string of the molecule is CCOC(=O)[C@@H]1C[C@]2(C(=O)Nc3ccc(C)cc32)N2CCC[C@H]12. The molecule has 1 aromatic carbocycles. The molecular weight excluding hydrogens is 292 g/mol. The number of carbonyl (C=O) groups excluding carboxylic acids is 2. The fraction of sp³-hybridized carbons (Fsp3) is 0.556. The number of benzene rings is 1. The summed E-state index contributed by atoms with van der Waals surface area (Å²) in [7, 11) is 0. The van der Waals surface area contributed by atoms with Gasteiger partial charge < -0.3 is 10.1 Å². The lowest BCUT2D eigenvalue weighted by Gasteiger charge is -2.32. The highest BCUT2D eigenvalue weighted by Crippen LogP contribution is 2.54. The molecule has 3 aliphatic rings. The third-order valence-corrected chi connectivity index (χ3v) is 5.60. The molecule has 5 heteroatoms. The molecule has 0 saturated carbocycles. The monoisotopic (exact) mass is 314 g/mol. The van der Waals surface area contributed by atoms with Gasteiger partial charge in [-0.3, -0.25) is 14.5 Å². The zero-order valence-corrected chi connectivity index (χ0v) is 13.6. The first-order valence-electron chi connectivity index (χ1n) is 8.44. The molecule has 1 N–H and O–H groups in total. The van der Waals surface area contributed by atoms with Gasteiger partial charge in [0.1, 0.15) is 5.54 Å². The molecule has 122 valence electrons. The van der Waals surface area contributed by atoms with Crippen LogP contribution in [0.2, 0.25) is 0 Å². The van der Waals surface area contributed by atoms with Gasteiger partial charge in [-0.2, -0.15) is 0 Å². The smallest absolute Gasteiger partial charge is 0.310 e. The second kappa shape index (κ2) is 5.06. The molecule has 23 heavy (non-hydrogen) atoms. The predicted molar refractivity (Wildman–Crippen MR) is 86.0 cm³/mol. The van der Waals surface area contributed by atoms with Gasteiger partial charge in [-0.1, -0.05) is 17.7 Å². The highest BCUT2D eigenvalue weighted by molar-refractivity contribution is 6.06. The van der Waals surface area contributed by atoms with Crippen molar-refractivity contribution in [1.29, 1.82) is 0 Å². The fourth-order valence-electron chi connectivity index (χ4n) is 4.69. The number of fused-ring (bicyclic) bond motifs is 4. The average molecular weight is 314 g/mol. The lowest BCUT2D eigenvalue weighted by Crippen LogP contribution is -2.47. The quantitative estimate of drug-likeness (QED) is 0.850. The minimum atomic E-state index is -0.694. The summed E-state index contributed by atoms with van der Waals surface area (Å²) >= 11 is 0. The maximum Gasteiger partial charge on any atom is 0.310 e. The van der Waals surface area contributed by atoms with Crippen molar-refractivity contribution in [2.75, 3.05) is 18.5 Å². The molecule has 1 spiro atoms. The summed E-state index contributed by atoms with van der Waals surface area (Å²) in [6, 6.07) is 6.19. The molecule has 0 unspecified atom stereocenters.